The minimum atomic E-state index is -0.221. The molecule has 0 saturated carbocycles. The van der Waals surface area contributed by atoms with E-state index in [1.807, 2.05) is 6.07 Å². The van der Waals surface area contributed by atoms with Crippen molar-refractivity contribution in [1.82, 2.24) is 9.97 Å². The minimum Gasteiger partial charge on any atom is -0.341 e. The predicted octanol–water partition coefficient (Wildman–Crippen LogP) is 2.84. The molecule has 1 N–H and O–H groups in total. The van der Waals surface area contributed by atoms with Crippen molar-refractivity contribution in [3.8, 4) is 6.07 Å². The molecule has 1 heterocycles. The zero-order valence-corrected chi connectivity index (χ0v) is 8.34. The SMILES string of the molecule is CC(C#N)c1nc2ccc(Cl)cc2[nH]1. The molecule has 0 amide bonds. The van der Waals surface area contributed by atoms with Crippen LogP contribution in [-0.4, -0.2) is 9.97 Å². The van der Waals surface area contributed by atoms with Crippen LogP contribution in [0.2, 0.25) is 5.02 Å². The van der Waals surface area contributed by atoms with Gasteiger partial charge in [-0.05, 0) is 25.1 Å². The molecule has 14 heavy (non-hydrogen) atoms. The summed E-state index contributed by atoms with van der Waals surface area (Å²) in [5.74, 6) is 0.464. The maximum absolute atomic E-state index is 8.73. The van der Waals surface area contributed by atoms with Crippen molar-refractivity contribution in [2.75, 3.05) is 0 Å². The Hall–Kier alpha value is -1.53. The molecular weight excluding hydrogens is 198 g/mol. The molecule has 4 heteroatoms. The van der Waals surface area contributed by atoms with E-state index in [-0.39, 0.29) is 5.92 Å². The molecule has 0 radical (unpaired) electrons. The number of benzene rings is 1. The van der Waals surface area contributed by atoms with Gasteiger partial charge >= 0.3 is 0 Å². The quantitative estimate of drug-likeness (QED) is 0.778. The number of H-pyrrole nitrogens is 1. The number of halogens is 1. The van der Waals surface area contributed by atoms with E-state index >= 15 is 0 Å². The summed E-state index contributed by atoms with van der Waals surface area (Å²) in [7, 11) is 0. The third-order valence-electron chi connectivity index (χ3n) is 2.07. The van der Waals surface area contributed by atoms with Crippen LogP contribution in [0.25, 0.3) is 11.0 Å². The van der Waals surface area contributed by atoms with Gasteiger partial charge in [-0.3, -0.25) is 0 Å². The Morgan fingerprint density at radius 3 is 3.07 bits per heavy atom. The summed E-state index contributed by atoms with van der Waals surface area (Å²) in [5, 5.41) is 9.40. The number of nitrogens with one attached hydrogen (secondary N) is 1. The lowest BCUT2D eigenvalue weighted by molar-refractivity contribution is 0.891. The van der Waals surface area contributed by atoms with Crippen molar-refractivity contribution in [1.29, 1.82) is 5.26 Å². The fraction of sp³-hybridized carbons (Fsp3) is 0.200. The fourth-order valence-electron chi connectivity index (χ4n) is 1.27. The number of nitrogens with zero attached hydrogens (tertiary/aromatic N) is 2. The molecule has 70 valence electrons. The average molecular weight is 206 g/mol. The Morgan fingerprint density at radius 2 is 2.36 bits per heavy atom. The Morgan fingerprint density at radius 1 is 1.57 bits per heavy atom. The molecular formula is C10H8ClN3. The zero-order chi connectivity index (χ0) is 10.1. The average Bonchev–Trinajstić information content (AvgIpc) is 2.59. The third-order valence-corrected chi connectivity index (χ3v) is 2.30. The summed E-state index contributed by atoms with van der Waals surface area (Å²) in [5.41, 5.74) is 1.71. The van der Waals surface area contributed by atoms with Crippen molar-refractivity contribution in [2.24, 2.45) is 0 Å². The summed E-state index contributed by atoms with van der Waals surface area (Å²) in [6, 6.07) is 7.55. The van der Waals surface area contributed by atoms with Crippen molar-refractivity contribution in [3.63, 3.8) is 0 Å². The summed E-state index contributed by atoms with van der Waals surface area (Å²) in [4.78, 5) is 7.36. The summed E-state index contributed by atoms with van der Waals surface area (Å²) < 4.78 is 0. The van der Waals surface area contributed by atoms with E-state index in [4.69, 9.17) is 16.9 Å². The first-order valence-electron chi connectivity index (χ1n) is 4.25. The van der Waals surface area contributed by atoms with E-state index in [0.717, 1.165) is 11.0 Å². The Kier molecular flexibility index (Phi) is 2.14. The maximum Gasteiger partial charge on any atom is 0.124 e. The lowest BCUT2D eigenvalue weighted by Crippen LogP contribution is -1.91. The van der Waals surface area contributed by atoms with Crippen LogP contribution in [0.5, 0.6) is 0 Å². The first kappa shape index (κ1) is 9.04. The fourth-order valence-corrected chi connectivity index (χ4v) is 1.44. The molecule has 1 aromatic heterocycles. The largest absolute Gasteiger partial charge is 0.341 e. The van der Waals surface area contributed by atoms with E-state index in [1.165, 1.54) is 0 Å². The van der Waals surface area contributed by atoms with Gasteiger partial charge in [-0.25, -0.2) is 4.98 Å². The second kappa shape index (κ2) is 3.32. The van der Waals surface area contributed by atoms with Gasteiger partial charge in [0.15, 0.2) is 0 Å². The van der Waals surface area contributed by atoms with Crippen LogP contribution < -0.4 is 0 Å². The summed E-state index contributed by atoms with van der Waals surface area (Å²) >= 11 is 5.83. The Bertz CT molecular complexity index is 510. The lowest BCUT2D eigenvalue weighted by Gasteiger charge is -1.92. The number of nitriles is 1. The van der Waals surface area contributed by atoms with Crippen molar-refractivity contribution in [2.45, 2.75) is 12.8 Å². The highest BCUT2D eigenvalue weighted by Gasteiger charge is 2.09. The molecule has 0 aliphatic carbocycles. The number of aromatic nitrogens is 2. The van der Waals surface area contributed by atoms with E-state index in [9.17, 15) is 0 Å². The molecule has 0 spiro atoms. The topological polar surface area (TPSA) is 52.5 Å². The minimum absolute atomic E-state index is 0.221. The molecule has 0 aliphatic rings. The smallest absolute Gasteiger partial charge is 0.124 e. The van der Waals surface area contributed by atoms with Crippen LogP contribution in [0.4, 0.5) is 0 Å². The molecule has 1 atom stereocenters. The van der Waals surface area contributed by atoms with Crippen LogP contribution in [0, 0.1) is 11.3 Å². The van der Waals surface area contributed by atoms with Gasteiger partial charge in [-0.2, -0.15) is 5.26 Å². The summed E-state index contributed by atoms with van der Waals surface area (Å²) in [6.07, 6.45) is 0. The second-order valence-corrected chi connectivity index (χ2v) is 3.57. The molecule has 0 fully saturated rings. The third kappa shape index (κ3) is 1.45. The monoisotopic (exact) mass is 205 g/mol. The van der Waals surface area contributed by atoms with Gasteiger partial charge in [0.05, 0.1) is 17.1 Å². The second-order valence-electron chi connectivity index (χ2n) is 3.13. The number of aromatic amines is 1. The highest BCUT2D eigenvalue weighted by atomic mass is 35.5. The standard InChI is InChI=1S/C10H8ClN3/c1-6(5-12)10-13-8-3-2-7(11)4-9(8)14-10/h2-4,6H,1H3,(H,13,14). The normalized spacial score (nSPS) is 12.6. The molecule has 2 aromatic rings. The highest BCUT2D eigenvalue weighted by molar-refractivity contribution is 6.31. The molecule has 1 aromatic carbocycles. The predicted molar refractivity (Wildman–Crippen MR) is 55.1 cm³/mol. The number of fused-ring (bicyclic) bond motifs is 1. The van der Waals surface area contributed by atoms with Crippen molar-refractivity contribution in [3.05, 3.63) is 29.0 Å². The number of rotatable bonds is 1. The maximum atomic E-state index is 8.73. The van der Waals surface area contributed by atoms with Gasteiger partial charge < -0.3 is 4.98 Å². The van der Waals surface area contributed by atoms with Gasteiger partial charge in [0.25, 0.3) is 0 Å². The molecule has 3 nitrogen and oxygen atoms in total. The highest BCUT2D eigenvalue weighted by Crippen LogP contribution is 2.20. The van der Waals surface area contributed by atoms with Crippen molar-refractivity contribution < 1.29 is 0 Å². The number of hydrogen-bond donors (Lipinski definition) is 1. The Labute approximate surface area is 86.3 Å². The first-order chi connectivity index (χ1) is 6.70. The van der Waals surface area contributed by atoms with Gasteiger partial charge in [0.1, 0.15) is 11.7 Å². The number of hydrogen-bond acceptors (Lipinski definition) is 2. The molecule has 1 unspecified atom stereocenters. The molecule has 0 bridgehead atoms. The molecule has 0 aliphatic heterocycles. The zero-order valence-electron chi connectivity index (χ0n) is 7.58. The van der Waals surface area contributed by atoms with Crippen LogP contribution in [0.3, 0.4) is 0 Å². The van der Waals surface area contributed by atoms with E-state index in [1.54, 1.807) is 19.1 Å². The lowest BCUT2D eigenvalue weighted by atomic mass is 10.2. The first-order valence-corrected chi connectivity index (χ1v) is 4.63. The van der Waals surface area contributed by atoms with E-state index < -0.39 is 0 Å². The van der Waals surface area contributed by atoms with Crippen LogP contribution in [0.15, 0.2) is 18.2 Å². The van der Waals surface area contributed by atoms with Gasteiger partial charge in [-0.15, -0.1) is 0 Å². The van der Waals surface area contributed by atoms with Crippen LogP contribution >= 0.6 is 11.6 Å². The van der Waals surface area contributed by atoms with E-state index in [0.29, 0.717) is 10.8 Å². The van der Waals surface area contributed by atoms with Gasteiger partial charge in [-0.1, -0.05) is 11.6 Å². The van der Waals surface area contributed by atoms with Gasteiger partial charge in [0.2, 0.25) is 0 Å². The van der Waals surface area contributed by atoms with Crippen LogP contribution in [0.1, 0.15) is 18.7 Å². The molecule has 0 saturated heterocycles. The van der Waals surface area contributed by atoms with Gasteiger partial charge in [0, 0.05) is 5.02 Å². The number of imidazole rings is 1. The molecule has 2 rings (SSSR count). The van der Waals surface area contributed by atoms with Crippen molar-refractivity contribution >= 4 is 22.6 Å². The summed E-state index contributed by atoms with van der Waals surface area (Å²) in [6.45, 7) is 1.80. The van der Waals surface area contributed by atoms with E-state index in [2.05, 4.69) is 16.0 Å². The Balaban J connectivity index is 2.58. The van der Waals surface area contributed by atoms with Crippen LogP contribution in [-0.2, 0) is 0 Å².